The van der Waals surface area contributed by atoms with Crippen molar-refractivity contribution < 1.29 is 9.53 Å². The van der Waals surface area contributed by atoms with Crippen LogP contribution in [-0.2, 0) is 4.74 Å². The minimum absolute atomic E-state index is 0.305. The van der Waals surface area contributed by atoms with Gasteiger partial charge in [-0.3, -0.25) is 0 Å². The molecule has 6 heteroatoms. The van der Waals surface area contributed by atoms with Crippen molar-refractivity contribution >= 4 is 33.3 Å². The monoisotopic (exact) mass is 291 g/mol. The second-order valence-electron chi connectivity index (χ2n) is 4.25. The molecule has 0 aromatic carbocycles. The lowest BCUT2D eigenvalue weighted by Crippen LogP contribution is -2.05. The first-order valence-corrected chi connectivity index (χ1v) is 7.19. The van der Waals surface area contributed by atoms with Crippen molar-refractivity contribution in [1.82, 2.24) is 9.97 Å². The number of anilines is 1. The molecule has 0 saturated heterocycles. The van der Waals surface area contributed by atoms with Crippen LogP contribution in [0.2, 0.25) is 0 Å². The molecule has 0 radical (unpaired) electrons. The van der Waals surface area contributed by atoms with E-state index in [1.165, 1.54) is 11.3 Å². The number of aromatic nitrogens is 2. The zero-order chi connectivity index (χ0) is 14.7. The first kappa shape index (κ1) is 14.5. The van der Waals surface area contributed by atoms with Gasteiger partial charge in [0.2, 0.25) is 0 Å². The number of esters is 1. The Hall–Kier alpha value is -1.95. The Morgan fingerprint density at radius 1 is 1.45 bits per heavy atom. The summed E-state index contributed by atoms with van der Waals surface area (Å²) in [6.45, 7) is 10.2. The maximum atomic E-state index is 11.9. The van der Waals surface area contributed by atoms with E-state index in [9.17, 15) is 4.79 Å². The smallest absolute Gasteiger partial charge is 0.348 e. The number of thiophene rings is 1. The maximum Gasteiger partial charge on any atom is 0.348 e. The second-order valence-corrected chi connectivity index (χ2v) is 5.24. The lowest BCUT2D eigenvalue weighted by Gasteiger charge is -2.06. The van der Waals surface area contributed by atoms with Crippen molar-refractivity contribution in [1.29, 1.82) is 0 Å². The zero-order valence-corrected chi connectivity index (χ0v) is 12.6. The van der Waals surface area contributed by atoms with Crippen molar-refractivity contribution in [3.05, 3.63) is 28.9 Å². The molecule has 0 aliphatic rings. The molecule has 0 amide bonds. The van der Waals surface area contributed by atoms with Crippen LogP contribution in [0.15, 0.2) is 12.7 Å². The van der Waals surface area contributed by atoms with Crippen LogP contribution >= 0.6 is 11.3 Å². The SMILES string of the molecule is C=CCNc1nc(C)nc2sc(C(=O)OCC)c(C)c12. The number of rotatable bonds is 5. The molecule has 0 aliphatic carbocycles. The van der Waals surface area contributed by atoms with Gasteiger partial charge in [-0.05, 0) is 26.3 Å². The van der Waals surface area contributed by atoms with Gasteiger partial charge in [-0.1, -0.05) is 6.08 Å². The predicted octanol–water partition coefficient (Wildman–Crippen LogP) is 3.08. The molecule has 2 aromatic rings. The molecular formula is C14H17N3O2S. The van der Waals surface area contributed by atoms with E-state index < -0.39 is 0 Å². The lowest BCUT2D eigenvalue weighted by atomic mass is 10.2. The van der Waals surface area contributed by atoms with E-state index in [1.807, 2.05) is 13.8 Å². The van der Waals surface area contributed by atoms with Gasteiger partial charge in [0.05, 0.1) is 12.0 Å². The number of carbonyl (C=O) groups excluding carboxylic acids is 1. The average molecular weight is 291 g/mol. The van der Waals surface area contributed by atoms with Gasteiger partial charge in [-0.15, -0.1) is 17.9 Å². The van der Waals surface area contributed by atoms with E-state index in [4.69, 9.17) is 4.74 Å². The Morgan fingerprint density at radius 3 is 2.85 bits per heavy atom. The first-order valence-electron chi connectivity index (χ1n) is 6.38. The van der Waals surface area contributed by atoms with Crippen LogP contribution in [0.1, 0.15) is 28.0 Å². The Labute approximate surface area is 121 Å². The minimum atomic E-state index is -0.305. The zero-order valence-electron chi connectivity index (χ0n) is 11.8. The molecule has 106 valence electrons. The lowest BCUT2D eigenvalue weighted by molar-refractivity contribution is 0.0531. The van der Waals surface area contributed by atoms with Crippen molar-refractivity contribution in [2.45, 2.75) is 20.8 Å². The third-order valence-electron chi connectivity index (χ3n) is 2.78. The summed E-state index contributed by atoms with van der Waals surface area (Å²) < 4.78 is 5.08. The Bertz CT molecular complexity index is 664. The Balaban J connectivity index is 2.57. The van der Waals surface area contributed by atoms with E-state index in [1.54, 1.807) is 13.0 Å². The van der Waals surface area contributed by atoms with Gasteiger partial charge in [0.1, 0.15) is 21.3 Å². The van der Waals surface area contributed by atoms with Crippen LogP contribution in [-0.4, -0.2) is 29.1 Å². The van der Waals surface area contributed by atoms with Crippen molar-refractivity contribution in [3.8, 4) is 0 Å². The highest BCUT2D eigenvalue weighted by molar-refractivity contribution is 7.20. The summed E-state index contributed by atoms with van der Waals surface area (Å²) in [5, 5.41) is 4.07. The Kier molecular flexibility index (Phi) is 4.34. The highest BCUT2D eigenvalue weighted by Gasteiger charge is 2.20. The minimum Gasteiger partial charge on any atom is -0.462 e. The Morgan fingerprint density at radius 2 is 2.20 bits per heavy atom. The number of hydrogen-bond acceptors (Lipinski definition) is 6. The van der Waals surface area contributed by atoms with Crippen molar-refractivity contribution in [3.63, 3.8) is 0 Å². The fraction of sp³-hybridized carbons (Fsp3) is 0.357. The highest BCUT2D eigenvalue weighted by Crippen LogP contribution is 2.34. The number of ether oxygens (including phenoxy) is 1. The summed E-state index contributed by atoms with van der Waals surface area (Å²) in [5.41, 5.74) is 0.856. The normalized spacial score (nSPS) is 10.6. The van der Waals surface area contributed by atoms with Gasteiger partial charge >= 0.3 is 5.97 Å². The largest absolute Gasteiger partial charge is 0.462 e. The molecule has 5 nitrogen and oxygen atoms in total. The molecule has 2 aromatic heterocycles. The van der Waals surface area contributed by atoms with Gasteiger partial charge < -0.3 is 10.1 Å². The number of nitrogens with zero attached hydrogens (tertiary/aromatic N) is 2. The van der Waals surface area contributed by atoms with Gasteiger partial charge in [0.15, 0.2) is 0 Å². The van der Waals surface area contributed by atoms with Crippen LogP contribution in [0.25, 0.3) is 10.2 Å². The van der Waals surface area contributed by atoms with E-state index in [0.717, 1.165) is 21.6 Å². The fourth-order valence-corrected chi connectivity index (χ4v) is 3.05. The van der Waals surface area contributed by atoms with Crippen LogP contribution < -0.4 is 5.32 Å². The van der Waals surface area contributed by atoms with E-state index in [-0.39, 0.29) is 5.97 Å². The number of carbonyl (C=O) groups is 1. The summed E-state index contributed by atoms with van der Waals surface area (Å²) in [6, 6.07) is 0. The quantitative estimate of drug-likeness (QED) is 0.677. The van der Waals surface area contributed by atoms with Gasteiger partial charge in [0, 0.05) is 6.54 Å². The van der Waals surface area contributed by atoms with E-state index in [2.05, 4.69) is 21.9 Å². The summed E-state index contributed by atoms with van der Waals surface area (Å²) in [7, 11) is 0. The molecule has 1 N–H and O–H groups in total. The molecule has 0 saturated carbocycles. The maximum absolute atomic E-state index is 11.9. The number of nitrogens with one attached hydrogen (secondary N) is 1. The van der Waals surface area contributed by atoms with Crippen molar-refractivity contribution in [2.75, 3.05) is 18.5 Å². The molecule has 20 heavy (non-hydrogen) atoms. The topological polar surface area (TPSA) is 64.1 Å². The van der Waals surface area contributed by atoms with Crippen molar-refractivity contribution in [2.24, 2.45) is 0 Å². The third-order valence-corrected chi connectivity index (χ3v) is 3.94. The number of hydrogen-bond donors (Lipinski definition) is 1. The van der Waals surface area contributed by atoms with Crippen LogP contribution in [0, 0.1) is 13.8 Å². The molecule has 0 atom stereocenters. The standard InChI is InChI=1S/C14H17N3O2S/c1-5-7-15-12-10-8(3)11(14(18)19-6-2)20-13(10)17-9(4)16-12/h5H,1,6-7H2,2-4H3,(H,15,16,17). The second kappa shape index (κ2) is 6.00. The molecule has 2 heterocycles. The van der Waals surface area contributed by atoms with Crippen LogP contribution in [0.3, 0.4) is 0 Å². The fourth-order valence-electron chi connectivity index (χ4n) is 1.93. The third kappa shape index (κ3) is 2.65. The number of aryl methyl sites for hydroxylation is 2. The highest BCUT2D eigenvalue weighted by atomic mass is 32.1. The number of fused-ring (bicyclic) bond motifs is 1. The van der Waals surface area contributed by atoms with Gasteiger partial charge in [0.25, 0.3) is 0 Å². The van der Waals surface area contributed by atoms with Crippen LogP contribution in [0.5, 0.6) is 0 Å². The summed E-state index contributed by atoms with van der Waals surface area (Å²) in [4.78, 5) is 22.1. The molecule has 0 bridgehead atoms. The molecule has 0 aliphatic heterocycles. The van der Waals surface area contributed by atoms with Crippen LogP contribution in [0.4, 0.5) is 5.82 Å². The summed E-state index contributed by atoms with van der Waals surface area (Å²) in [6.07, 6.45) is 1.76. The molecule has 2 rings (SSSR count). The van der Waals surface area contributed by atoms with Gasteiger partial charge in [-0.25, -0.2) is 14.8 Å². The summed E-state index contributed by atoms with van der Waals surface area (Å²) >= 11 is 1.34. The summed E-state index contributed by atoms with van der Waals surface area (Å²) in [5.74, 6) is 1.10. The first-order chi connectivity index (χ1) is 9.58. The molecular weight excluding hydrogens is 274 g/mol. The predicted molar refractivity (Wildman–Crippen MR) is 81.5 cm³/mol. The van der Waals surface area contributed by atoms with E-state index in [0.29, 0.717) is 23.9 Å². The van der Waals surface area contributed by atoms with E-state index >= 15 is 0 Å². The molecule has 0 unspecified atom stereocenters. The average Bonchev–Trinajstić information content (AvgIpc) is 2.73. The molecule has 0 spiro atoms. The van der Waals surface area contributed by atoms with Gasteiger partial charge in [-0.2, -0.15) is 0 Å². The molecule has 0 fully saturated rings.